The molecule has 0 heterocycles. The van der Waals surface area contributed by atoms with Crippen molar-refractivity contribution in [2.75, 3.05) is 17.1 Å². The van der Waals surface area contributed by atoms with Crippen LogP contribution in [0, 0.1) is 0 Å². The lowest BCUT2D eigenvalue weighted by Crippen LogP contribution is -2.16. The summed E-state index contributed by atoms with van der Waals surface area (Å²) in [7, 11) is -0.309. The quantitative estimate of drug-likeness (QED) is 0.395. The van der Waals surface area contributed by atoms with Gasteiger partial charge in [-0.05, 0) is 60.7 Å². The number of carbonyl (C=O) groups is 2. The summed E-state index contributed by atoms with van der Waals surface area (Å²) < 4.78 is 21.5. The van der Waals surface area contributed by atoms with Crippen molar-refractivity contribution in [3.8, 4) is 5.75 Å². The molecule has 0 fully saturated rings. The predicted molar refractivity (Wildman–Crippen MR) is 124 cm³/mol. The molecular weight excluding hydrogens is 508 g/mol. The molecule has 1 unspecified atom stereocenters. The summed E-state index contributed by atoms with van der Waals surface area (Å²) in [4.78, 5) is 24.5. The number of hydrogen-bond donors (Lipinski definition) is 3. The number of aromatic carboxylic acids is 1. The third kappa shape index (κ3) is 5.63. The summed E-state index contributed by atoms with van der Waals surface area (Å²) in [6.07, 6.45) is 0. The Morgan fingerprint density at radius 3 is 2.42 bits per heavy atom. The first kappa shape index (κ1) is 22.8. The first-order chi connectivity index (χ1) is 14.8. The van der Waals surface area contributed by atoms with Gasteiger partial charge in [-0.2, -0.15) is 0 Å². The van der Waals surface area contributed by atoms with Crippen molar-refractivity contribution in [1.29, 1.82) is 0 Å². The van der Waals surface area contributed by atoms with Crippen LogP contribution in [0.2, 0.25) is 5.02 Å². The predicted octanol–water partition coefficient (Wildman–Crippen LogP) is 5.20. The van der Waals surface area contributed by atoms with Crippen LogP contribution in [0.1, 0.15) is 20.7 Å². The number of ether oxygens (including phenoxy) is 1. The molecule has 0 saturated heterocycles. The van der Waals surface area contributed by atoms with Crippen LogP contribution in [0.5, 0.6) is 5.75 Å². The lowest BCUT2D eigenvalue weighted by Gasteiger charge is -2.13. The molecule has 0 aliphatic rings. The molecule has 7 nitrogen and oxygen atoms in total. The largest absolute Gasteiger partial charge is 0.495 e. The third-order valence-corrected chi connectivity index (χ3v) is 6.03. The highest BCUT2D eigenvalue weighted by Crippen LogP contribution is 2.27. The van der Waals surface area contributed by atoms with Gasteiger partial charge >= 0.3 is 5.97 Å². The zero-order chi connectivity index (χ0) is 22.5. The number of carboxylic acid groups (broad SMARTS) is 1. The maximum absolute atomic E-state index is 12.9. The van der Waals surface area contributed by atoms with Gasteiger partial charge in [0, 0.05) is 20.7 Å². The molecule has 0 radical (unpaired) electrons. The van der Waals surface area contributed by atoms with Crippen molar-refractivity contribution >= 4 is 61.8 Å². The number of carbonyl (C=O) groups excluding carboxylic acids is 1. The molecule has 0 bridgehead atoms. The summed E-state index contributed by atoms with van der Waals surface area (Å²) in [6, 6.07) is 15.6. The number of halogens is 2. The van der Waals surface area contributed by atoms with E-state index in [0.717, 1.165) is 0 Å². The van der Waals surface area contributed by atoms with Crippen LogP contribution in [0.25, 0.3) is 0 Å². The van der Waals surface area contributed by atoms with Crippen molar-refractivity contribution in [2.24, 2.45) is 0 Å². The molecule has 10 heteroatoms. The zero-order valence-corrected chi connectivity index (χ0v) is 19.2. The van der Waals surface area contributed by atoms with Crippen molar-refractivity contribution < 1.29 is 23.6 Å². The van der Waals surface area contributed by atoms with Gasteiger partial charge < -0.3 is 19.9 Å². The third-order valence-electron chi connectivity index (χ3n) is 4.14. The van der Waals surface area contributed by atoms with Gasteiger partial charge in [-0.1, -0.05) is 27.5 Å². The summed E-state index contributed by atoms with van der Waals surface area (Å²) in [6.45, 7) is 0. The Hall–Kier alpha value is -2.88. The summed E-state index contributed by atoms with van der Waals surface area (Å²) in [5, 5.41) is 12.5. The Morgan fingerprint density at radius 1 is 1.06 bits per heavy atom. The number of amides is 1. The fourth-order valence-corrected chi connectivity index (χ4v) is 4.15. The van der Waals surface area contributed by atoms with Gasteiger partial charge in [0.2, 0.25) is 0 Å². The molecule has 0 aliphatic heterocycles. The Balaban J connectivity index is 1.87. The highest BCUT2D eigenvalue weighted by Gasteiger charge is 2.18. The van der Waals surface area contributed by atoms with Crippen LogP contribution in [-0.2, 0) is 11.0 Å². The van der Waals surface area contributed by atoms with Crippen molar-refractivity contribution in [3.63, 3.8) is 0 Å². The van der Waals surface area contributed by atoms with Crippen molar-refractivity contribution in [2.45, 2.75) is 4.90 Å². The number of nitrogens with one attached hydrogen (secondary N) is 2. The van der Waals surface area contributed by atoms with Gasteiger partial charge in [0.1, 0.15) is 10.6 Å². The molecule has 3 aromatic carbocycles. The SMILES string of the molecule is COc1ccc(C(=O)Nc2ccc(Br)cc2C(=O)O)cc1S(=O)Nc1ccc(Cl)cc1. The van der Waals surface area contributed by atoms with E-state index in [4.69, 9.17) is 16.3 Å². The van der Waals surface area contributed by atoms with E-state index in [2.05, 4.69) is 26.0 Å². The lowest BCUT2D eigenvalue weighted by molar-refractivity contribution is 0.0698. The lowest BCUT2D eigenvalue weighted by atomic mass is 10.1. The van der Waals surface area contributed by atoms with E-state index in [-0.39, 0.29) is 21.7 Å². The first-order valence-electron chi connectivity index (χ1n) is 8.74. The van der Waals surface area contributed by atoms with Gasteiger partial charge in [0.15, 0.2) is 11.0 Å². The minimum Gasteiger partial charge on any atom is -0.495 e. The Kier molecular flexibility index (Phi) is 7.32. The second-order valence-electron chi connectivity index (χ2n) is 6.19. The second kappa shape index (κ2) is 9.95. The van der Waals surface area contributed by atoms with E-state index >= 15 is 0 Å². The van der Waals surface area contributed by atoms with Crippen molar-refractivity contribution in [1.82, 2.24) is 0 Å². The number of rotatable bonds is 7. The van der Waals surface area contributed by atoms with E-state index in [0.29, 0.717) is 20.9 Å². The number of anilines is 2. The van der Waals surface area contributed by atoms with Crippen LogP contribution in [0.4, 0.5) is 11.4 Å². The summed E-state index contributed by atoms with van der Waals surface area (Å²) >= 11 is 9.08. The highest BCUT2D eigenvalue weighted by molar-refractivity contribution is 9.10. The van der Waals surface area contributed by atoms with Crippen LogP contribution in [0.15, 0.2) is 70.0 Å². The van der Waals surface area contributed by atoms with Crippen LogP contribution < -0.4 is 14.8 Å². The maximum atomic E-state index is 12.9. The number of carboxylic acids is 1. The molecule has 1 atom stereocenters. The molecule has 3 aromatic rings. The minimum atomic E-state index is -1.74. The molecule has 3 rings (SSSR count). The molecule has 1 amide bonds. The summed E-state index contributed by atoms with van der Waals surface area (Å²) in [5.41, 5.74) is 0.824. The number of benzene rings is 3. The topological polar surface area (TPSA) is 105 Å². The van der Waals surface area contributed by atoms with Crippen molar-refractivity contribution in [3.05, 3.63) is 81.3 Å². The molecule has 0 aliphatic carbocycles. The van der Waals surface area contributed by atoms with Crippen LogP contribution in [0.3, 0.4) is 0 Å². The second-order valence-corrected chi connectivity index (χ2v) is 8.73. The maximum Gasteiger partial charge on any atom is 0.337 e. The highest BCUT2D eigenvalue weighted by atomic mass is 79.9. The molecule has 0 aromatic heterocycles. The van der Waals surface area contributed by atoms with Gasteiger partial charge in [-0.3, -0.25) is 4.79 Å². The van der Waals surface area contributed by atoms with E-state index in [1.807, 2.05) is 0 Å². The van der Waals surface area contributed by atoms with E-state index in [1.54, 1.807) is 30.3 Å². The fraction of sp³-hybridized carbons (Fsp3) is 0.0476. The first-order valence-corrected chi connectivity index (χ1v) is 11.1. The average molecular weight is 524 g/mol. The smallest absolute Gasteiger partial charge is 0.337 e. The minimum absolute atomic E-state index is 0.0653. The fourth-order valence-electron chi connectivity index (χ4n) is 2.64. The summed E-state index contributed by atoms with van der Waals surface area (Å²) in [5.74, 6) is -1.41. The Morgan fingerprint density at radius 2 is 1.77 bits per heavy atom. The van der Waals surface area contributed by atoms with Crippen LogP contribution in [-0.4, -0.2) is 28.3 Å². The van der Waals surface area contributed by atoms with E-state index in [9.17, 15) is 18.9 Å². The zero-order valence-electron chi connectivity index (χ0n) is 16.0. The van der Waals surface area contributed by atoms with E-state index in [1.165, 1.54) is 37.4 Å². The number of hydrogen-bond acceptors (Lipinski definition) is 4. The molecule has 31 heavy (non-hydrogen) atoms. The molecular formula is C21H16BrClN2O5S. The Bertz CT molecular complexity index is 1170. The van der Waals surface area contributed by atoms with Gasteiger partial charge in [-0.15, -0.1) is 0 Å². The number of methoxy groups -OCH3 is 1. The van der Waals surface area contributed by atoms with E-state index < -0.39 is 22.9 Å². The molecule has 160 valence electrons. The normalized spacial score (nSPS) is 11.5. The monoisotopic (exact) mass is 522 g/mol. The Labute approximate surface area is 194 Å². The standard InChI is InChI=1S/C21H16BrClN2O5S/c1-30-18-9-2-12(10-19(18)31(29)25-15-6-4-14(23)5-7-15)20(26)24-17-8-3-13(22)11-16(17)21(27)28/h2-11,25H,1H3,(H,24,26)(H,27,28). The van der Waals surface area contributed by atoms with Gasteiger partial charge in [0.25, 0.3) is 5.91 Å². The van der Waals surface area contributed by atoms with Crippen LogP contribution >= 0.6 is 27.5 Å². The molecule has 3 N–H and O–H groups in total. The average Bonchev–Trinajstić information content (AvgIpc) is 2.75. The molecule has 0 spiro atoms. The molecule has 0 saturated carbocycles. The van der Waals surface area contributed by atoms with Gasteiger partial charge in [0.05, 0.1) is 18.4 Å². The van der Waals surface area contributed by atoms with Gasteiger partial charge in [-0.25, -0.2) is 9.00 Å².